The van der Waals surface area contributed by atoms with Gasteiger partial charge in [-0.2, -0.15) is 11.8 Å². The van der Waals surface area contributed by atoms with E-state index in [1.165, 1.54) is 26.0 Å². The normalized spacial score (nSPS) is 13.4. The van der Waals surface area contributed by atoms with Crippen LogP contribution in [0.4, 0.5) is 0 Å². The molecule has 0 aliphatic carbocycles. The first-order chi connectivity index (χ1) is 9.43. The first kappa shape index (κ1) is 16.7. The number of ether oxygens (including phenoxy) is 2. The number of thioether (sulfide) groups is 1. The van der Waals surface area contributed by atoms with Crippen LogP contribution < -0.4 is 14.8 Å². The number of hydrogen-bond donors (Lipinski definition) is 2. The molecule has 0 bridgehead atoms. The van der Waals surface area contributed by atoms with E-state index in [2.05, 4.69) is 5.32 Å². The fourth-order valence-electron chi connectivity index (χ4n) is 1.71. The highest BCUT2D eigenvalue weighted by Crippen LogP contribution is 2.27. The van der Waals surface area contributed by atoms with Crippen molar-refractivity contribution in [2.75, 3.05) is 32.8 Å². The number of hydrogen-bond acceptors (Lipinski definition) is 5. The lowest BCUT2D eigenvalue weighted by atomic mass is 10.1. The molecule has 1 aromatic rings. The highest BCUT2D eigenvalue weighted by molar-refractivity contribution is 7.98. The summed E-state index contributed by atoms with van der Waals surface area (Å²) >= 11 is 1.53. The zero-order valence-corrected chi connectivity index (χ0v) is 13.0. The molecular weight excluding hydrogens is 278 g/mol. The summed E-state index contributed by atoms with van der Waals surface area (Å²) in [6, 6.07) is 4.94. The zero-order chi connectivity index (χ0) is 15.2. The van der Waals surface area contributed by atoms with Crippen LogP contribution in [0.5, 0.6) is 11.5 Å². The Bertz CT molecular complexity index is 462. The van der Waals surface area contributed by atoms with Crippen LogP contribution in [0, 0.1) is 0 Å². The Morgan fingerprint density at radius 1 is 1.35 bits per heavy atom. The van der Waals surface area contributed by atoms with Gasteiger partial charge in [-0.3, -0.25) is 4.79 Å². The minimum atomic E-state index is -0.925. The molecule has 1 amide bonds. The van der Waals surface area contributed by atoms with E-state index in [1.54, 1.807) is 25.1 Å². The van der Waals surface area contributed by atoms with E-state index < -0.39 is 5.60 Å². The number of aliphatic hydroxyl groups is 1. The van der Waals surface area contributed by atoms with Crippen LogP contribution in [0.25, 0.3) is 0 Å². The van der Waals surface area contributed by atoms with Gasteiger partial charge in [0.1, 0.15) is 0 Å². The van der Waals surface area contributed by atoms with E-state index in [0.29, 0.717) is 22.8 Å². The summed E-state index contributed by atoms with van der Waals surface area (Å²) in [6.07, 6.45) is 1.91. The molecule has 0 saturated heterocycles. The molecule has 0 spiro atoms. The molecular formula is C14H21NO4S. The van der Waals surface area contributed by atoms with Crippen molar-refractivity contribution in [3.63, 3.8) is 0 Å². The number of carbonyl (C=O) groups is 1. The van der Waals surface area contributed by atoms with Gasteiger partial charge >= 0.3 is 0 Å². The Morgan fingerprint density at radius 3 is 2.55 bits per heavy atom. The predicted octanol–water partition coefficient (Wildman–Crippen LogP) is 1.55. The first-order valence-electron chi connectivity index (χ1n) is 6.15. The lowest BCUT2D eigenvalue weighted by Gasteiger charge is -2.22. The summed E-state index contributed by atoms with van der Waals surface area (Å²) in [7, 11) is 3.06. The lowest BCUT2D eigenvalue weighted by molar-refractivity contribution is 0.0725. The van der Waals surface area contributed by atoms with Gasteiger partial charge in [-0.1, -0.05) is 0 Å². The third-order valence-electron chi connectivity index (χ3n) is 2.73. The maximum atomic E-state index is 12.0. The van der Waals surface area contributed by atoms with E-state index in [1.807, 2.05) is 6.26 Å². The maximum absolute atomic E-state index is 12.0. The number of rotatable bonds is 7. The van der Waals surface area contributed by atoms with E-state index in [0.717, 1.165) is 0 Å². The number of benzene rings is 1. The molecule has 2 N–H and O–H groups in total. The molecule has 1 rings (SSSR count). The molecule has 112 valence electrons. The van der Waals surface area contributed by atoms with Gasteiger partial charge in [0, 0.05) is 17.9 Å². The monoisotopic (exact) mass is 299 g/mol. The van der Waals surface area contributed by atoms with Gasteiger partial charge in [0.2, 0.25) is 0 Å². The van der Waals surface area contributed by atoms with Gasteiger partial charge in [0.15, 0.2) is 11.5 Å². The van der Waals surface area contributed by atoms with Crippen LogP contribution in [-0.2, 0) is 0 Å². The van der Waals surface area contributed by atoms with Crippen LogP contribution in [0.2, 0.25) is 0 Å². The number of carbonyl (C=O) groups excluding carboxylic acids is 1. The molecule has 0 aliphatic heterocycles. The first-order valence-corrected chi connectivity index (χ1v) is 7.54. The Hall–Kier alpha value is -1.40. The van der Waals surface area contributed by atoms with Crippen LogP contribution >= 0.6 is 11.8 Å². The quantitative estimate of drug-likeness (QED) is 0.799. The largest absolute Gasteiger partial charge is 0.493 e. The van der Waals surface area contributed by atoms with Gasteiger partial charge in [-0.25, -0.2) is 0 Å². The summed E-state index contributed by atoms with van der Waals surface area (Å²) in [5.41, 5.74) is -0.464. The highest BCUT2D eigenvalue weighted by atomic mass is 32.2. The fraction of sp³-hybridized carbons (Fsp3) is 0.500. The van der Waals surface area contributed by atoms with Crippen molar-refractivity contribution in [1.82, 2.24) is 5.32 Å². The van der Waals surface area contributed by atoms with Crippen molar-refractivity contribution in [1.29, 1.82) is 0 Å². The second-order valence-electron chi connectivity index (χ2n) is 4.68. The van der Waals surface area contributed by atoms with Crippen molar-refractivity contribution >= 4 is 17.7 Å². The summed E-state index contributed by atoms with van der Waals surface area (Å²) < 4.78 is 10.3. The van der Waals surface area contributed by atoms with Crippen LogP contribution in [0.3, 0.4) is 0 Å². The van der Waals surface area contributed by atoms with Crippen molar-refractivity contribution in [3.8, 4) is 11.5 Å². The topological polar surface area (TPSA) is 67.8 Å². The Balaban J connectivity index is 2.73. The molecule has 0 fully saturated rings. The molecule has 1 aromatic carbocycles. The Labute approximate surface area is 123 Å². The molecule has 6 heteroatoms. The van der Waals surface area contributed by atoms with Gasteiger partial charge < -0.3 is 19.9 Å². The van der Waals surface area contributed by atoms with Gasteiger partial charge in [-0.15, -0.1) is 0 Å². The highest BCUT2D eigenvalue weighted by Gasteiger charge is 2.21. The number of amides is 1. The lowest BCUT2D eigenvalue weighted by Crippen LogP contribution is -2.42. The zero-order valence-electron chi connectivity index (χ0n) is 12.2. The molecule has 0 heterocycles. The maximum Gasteiger partial charge on any atom is 0.251 e. The summed E-state index contributed by atoms with van der Waals surface area (Å²) in [5.74, 6) is 1.36. The SMILES string of the molecule is COc1ccc(C(=O)NC[C@@](C)(O)CSC)cc1OC. The van der Waals surface area contributed by atoms with Crippen molar-refractivity contribution in [3.05, 3.63) is 23.8 Å². The molecule has 20 heavy (non-hydrogen) atoms. The molecule has 0 aliphatic rings. The minimum absolute atomic E-state index is 0.195. The van der Waals surface area contributed by atoms with Crippen LogP contribution in [0.1, 0.15) is 17.3 Å². The molecule has 5 nitrogen and oxygen atoms in total. The van der Waals surface area contributed by atoms with Crippen molar-refractivity contribution < 1.29 is 19.4 Å². The van der Waals surface area contributed by atoms with E-state index >= 15 is 0 Å². The van der Waals surface area contributed by atoms with Gasteiger partial charge in [0.05, 0.1) is 19.8 Å². The summed E-state index contributed by atoms with van der Waals surface area (Å²) in [4.78, 5) is 12.0. The molecule has 1 atom stereocenters. The fourth-order valence-corrected chi connectivity index (χ4v) is 2.44. The van der Waals surface area contributed by atoms with E-state index in [9.17, 15) is 9.90 Å². The standard InChI is InChI=1S/C14H21NO4S/c1-14(17,9-20-4)8-15-13(16)10-5-6-11(18-2)12(7-10)19-3/h5-7,17H,8-9H2,1-4H3,(H,15,16)/t14-/m1/s1. The Morgan fingerprint density at radius 2 is 2.00 bits per heavy atom. The molecule has 0 saturated carbocycles. The summed E-state index contributed by atoms with van der Waals surface area (Å²) in [6.45, 7) is 1.89. The van der Waals surface area contributed by atoms with E-state index in [4.69, 9.17) is 9.47 Å². The van der Waals surface area contributed by atoms with Gasteiger partial charge in [-0.05, 0) is 31.4 Å². The number of nitrogens with one attached hydrogen (secondary N) is 1. The van der Waals surface area contributed by atoms with Gasteiger partial charge in [0.25, 0.3) is 5.91 Å². The Kier molecular flexibility index (Phi) is 6.16. The predicted molar refractivity (Wildman–Crippen MR) is 80.9 cm³/mol. The molecule has 0 radical (unpaired) electrons. The van der Waals surface area contributed by atoms with E-state index in [-0.39, 0.29) is 12.5 Å². The molecule has 0 aromatic heterocycles. The summed E-state index contributed by atoms with van der Waals surface area (Å²) in [5, 5.41) is 12.7. The minimum Gasteiger partial charge on any atom is -0.493 e. The van der Waals surface area contributed by atoms with Crippen molar-refractivity contribution in [2.45, 2.75) is 12.5 Å². The number of methoxy groups -OCH3 is 2. The molecule has 0 unspecified atom stereocenters. The van der Waals surface area contributed by atoms with Crippen LogP contribution in [-0.4, -0.2) is 49.4 Å². The second kappa shape index (κ2) is 7.40. The third kappa shape index (κ3) is 4.61. The average molecular weight is 299 g/mol. The third-order valence-corrected chi connectivity index (χ3v) is 3.64. The average Bonchev–Trinajstić information content (AvgIpc) is 2.44. The smallest absolute Gasteiger partial charge is 0.251 e. The van der Waals surface area contributed by atoms with Crippen LogP contribution in [0.15, 0.2) is 18.2 Å². The van der Waals surface area contributed by atoms with Crippen molar-refractivity contribution in [2.24, 2.45) is 0 Å². The second-order valence-corrected chi connectivity index (χ2v) is 5.55.